The van der Waals surface area contributed by atoms with Crippen LogP contribution in [0.4, 0.5) is 5.69 Å². The standard InChI is InChI=1S/C17H22BrClN2O3/c1-4-24-13(23)9-11-15(14(18)12(10-22)20-16(11)19)21-7-5-17(2,3)6-8-21/h10H,4-9H2,1-3H3. The molecule has 0 atom stereocenters. The lowest BCUT2D eigenvalue weighted by atomic mass is 9.82. The van der Waals surface area contributed by atoms with Gasteiger partial charge in [0.2, 0.25) is 0 Å². The molecule has 0 bridgehead atoms. The number of esters is 1. The molecule has 0 spiro atoms. The van der Waals surface area contributed by atoms with Crippen LogP contribution in [0.15, 0.2) is 4.47 Å². The molecule has 24 heavy (non-hydrogen) atoms. The number of pyridine rings is 1. The molecule has 1 aliphatic heterocycles. The normalized spacial score (nSPS) is 16.8. The zero-order valence-corrected chi connectivity index (χ0v) is 16.5. The maximum Gasteiger partial charge on any atom is 0.310 e. The number of hydrogen-bond donors (Lipinski definition) is 0. The highest BCUT2D eigenvalue weighted by molar-refractivity contribution is 9.10. The Morgan fingerprint density at radius 1 is 1.42 bits per heavy atom. The second-order valence-corrected chi connectivity index (χ2v) is 7.83. The van der Waals surface area contributed by atoms with Crippen molar-refractivity contribution in [2.24, 2.45) is 5.41 Å². The first-order valence-electron chi connectivity index (χ1n) is 8.02. The Morgan fingerprint density at radius 2 is 2.04 bits per heavy atom. The Labute approximate surface area is 155 Å². The summed E-state index contributed by atoms with van der Waals surface area (Å²) in [7, 11) is 0. The first kappa shape index (κ1) is 19.2. The van der Waals surface area contributed by atoms with E-state index in [2.05, 4.69) is 39.7 Å². The van der Waals surface area contributed by atoms with Crippen molar-refractivity contribution >= 4 is 45.5 Å². The number of aldehydes is 1. The van der Waals surface area contributed by atoms with Crippen molar-refractivity contribution in [1.29, 1.82) is 0 Å². The summed E-state index contributed by atoms with van der Waals surface area (Å²) in [5, 5.41) is 0.174. The van der Waals surface area contributed by atoms with Crippen molar-refractivity contribution in [3.05, 3.63) is 20.9 Å². The zero-order chi connectivity index (χ0) is 17.9. The summed E-state index contributed by atoms with van der Waals surface area (Å²) < 4.78 is 5.63. The Kier molecular flexibility index (Phi) is 6.26. The third kappa shape index (κ3) is 4.28. The fourth-order valence-electron chi connectivity index (χ4n) is 2.83. The molecule has 0 radical (unpaired) electrons. The van der Waals surface area contributed by atoms with E-state index in [1.54, 1.807) is 6.92 Å². The van der Waals surface area contributed by atoms with Gasteiger partial charge in [-0.1, -0.05) is 25.4 Å². The maximum atomic E-state index is 12.0. The summed E-state index contributed by atoms with van der Waals surface area (Å²) in [4.78, 5) is 29.5. The number of carbonyl (C=O) groups is 2. The molecule has 0 aromatic carbocycles. The maximum absolute atomic E-state index is 12.0. The highest BCUT2D eigenvalue weighted by atomic mass is 79.9. The molecule has 132 valence electrons. The number of hydrogen-bond acceptors (Lipinski definition) is 5. The first-order valence-corrected chi connectivity index (χ1v) is 9.19. The van der Waals surface area contributed by atoms with Crippen LogP contribution in [-0.4, -0.2) is 36.9 Å². The quantitative estimate of drug-likeness (QED) is 0.411. The van der Waals surface area contributed by atoms with E-state index in [0.29, 0.717) is 22.9 Å². The van der Waals surface area contributed by atoms with E-state index >= 15 is 0 Å². The fourth-order valence-corrected chi connectivity index (χ4v) is 3.75. The van der Waals surface area contributed by atoms with Gasteiger partial charge >= 0.3 is 5.97 Å². The average molecular weight is 418 g/mol. The second-order valence-electron chi connectivity index (χ2n) is 6.68. The number of aromatic nitrogens is 1. The highest BCUT2D eigenvalue weighted by Crippen LogP contribution is 2.40. The Morgan fingerprint density at radius 3 is 2.58 bits per heavy atom. The van der Waals surface area contributed by atoms with Crippen molar-refractivity contribution in [3.8, 4) is 0 Å². The summed E-state index contributed by atoms with van der Waals surface area (Å²) in [6.45, 7) is 8.23. The molecule has 0 aliphatic carbocycles. The molecule has 0 N–H and O–H groups in total. The van der Waals surface area contributed by atoms with Gasteiger partial charge in [-0.05, 0) is 41.1 Å². The molecule has 1 fully saturated rings. The topological polar surface area (TPSA) is 59.5 Å². The lowest BCUT2D eigenvalue weighted by Gasteiger charge is -2.39. The van der Waals surface area contributed by atoms with Crippen LogP contribution in [0.1, 0.15) is 49.7 Å². The lowest BCUT2D eigenvalue weighted by molar-refractivity contribution is -0.142. The van der Waals surface area contributed by atoms with Crippen LogP contribution in [0.2, 0.25) is 5.15 Å². The minimum absolute atomic E-state index is 0.0344. The van der Waals surface area contributed by atoms with E-state index < -0.39 is 0 Å². The molecular weight excluding hydrogens is 396 g/mol. The molecular formula is C17H22BrClN2O3. The van der Waals surface area contributed by atoms with Gasteiger partial charge in [0.25, 0.3) is 0 Å². The van der Waals surface area contributed by atoms with Crippen LogP contribution in [0.5, 0.6) is 0 Å². The van der Waals surface area contributed by atoms with Crippen LogP contribution < -0.4 is 4.90 Å². The minimum atomic E-state index is -0.356. The number of piperidine rings is 1. The van der Waals surface area contributed by atoms with Crippen molar-refractivity contribution in [1.82, 2.24) is 4.98 Å². The van der Waals surface area contributed by atoms with Crippen LogP contribution in [0, 0.1) is 5.41 Å². The molecule has 1 saturated heterocycles. The molecule has 7 heteroatoms. The number of nitrogens with zero attached hydrogens (tertiary/aromatic N) is 2. The van der Waals surface area contributed by atoms with E-state index in [9.17, 15) is 9.59 Å². The van der Waals surface area contributed by atoms with Gasteiger partial charge in [0.15, 0.2) is 6.29 Å². The minimum Gasteiger partial charge on any atom is -0.466 e. The number of anilines is 1. The number of rotatable bonds is 5. The van der Waals surface area contributed by atoms with Crippen molar-refractivity contribution in [2.45, 2.75) is 40.0 Å². The van der Waals surface area contributed by atoms with Crippen LogP contribution in [0.25, 0.3) is 0 Å². The highest BCUT2D eigenvalue weighted by Gasteiger charge is 2.30. The van der Waals surface area contributed by atoms with Crippen LogP contribution >= 0.6 is 27.5 Å². The summed E-state index contributed by atoms with van der Waals surface area (Å²) in [5.74, 6) is -0.356. The average Bonchev–Trinajstić information content (AvgIpc) is 2.52. The summed E-state index contributed by atoms with van der Waals surface area (Å²) in [5.41, 5.74) is 1.91. The summed E-state index contributed by atoms with van der Waals surface area (Å²) in [6, 6.07) is 0. The molecule has 1 aromatic heterocycles. The summed E-state index contributed by atoms with van der Waals surface area (Å²) >= 11 is 9.75. The third-order valence-corrected chi connectivity index (χ3v) is 5.45. The largest absolute Gasteiger partial charge is 0.466 e. The lowest BCUT2D eigenvalue weighted by Crippen LogP contribution is -2.38. The molecule has 1 aliphatic rings. The van der Waals surface area contributed by atoms with Crippen molar-refractivity contribution < 1.29 is 14.3 Å². The van der Waals surface area contributed by atoms with Gasteiger partial charge < -0.3 is 9.64 Å². The van der Waals surface area contributed by atoms with E-state index in [-0.39, 0.29) is 28.7 Å². The van der Waals surface area contributed by atoms with Gasteiger partial charge in [0.1, 0.15) is 10.8 Å². The number of carbonyl (C=O) groups excluding carboxylic acids is 2. The molecule has 5 nitrogen and oxygen atoms in total. The molecule has 2 rings (SSSR count). The van der Waals surface area contributed by atoms with E-state index in [0.717, 1.165) is 31.6 Å². The summed E-state index contributed by atoms with van der Waals surface area (Å²) in [6.07, 6.45) is 2.75. The monoisotopic (exact) mass is 416 g/mol. The zero-order valence-electron chi connectivity index (χ0n) is 14.2. The Balaban J connectivity index is 2.44. The van der Waals surface area contributed by atoms with Gasteiger partial charge in [0.05, 0.1) is 23.2 Å². The van der Waals surface area contributed by atoms with Crippen molar-refractivity contribution in [2.75, 3.05) is 24.6 Å². The molecule has 0 saturated carbocycles. The van der Waals surface area contributed by atoms with E-state index in [1.165, 1.54) is 0 Å². The first-order chi connectivity index (χ1) is 11.3. The third-order valence-electron chi connectivity index (χ3n) is 4.36. The fraction of sp³-hybridized carbons (Fsp3) is 0.588. The predicted molar refractivity (Wildman–Crippen MR) is 97.9 cm³/mol. The SMILES string of the molecule is CCOC(=O)Cc1c(Cl)nc(C=O)c(Br)c1N1CCC(C)(C)CC1. The Bertz CT molecular complexity index is 639. The molecule has 2 heterocycles. The van der Waals surface area contributed by atoms with Crippen LogP contribution in [0.3, 0.4) is 0 Å². The van der Waals surface area contributed by atoms with Gasteiger partial charge in [-0.25, -0.2) is 4.98 Å². The van der Waals surface area contributed by atoms with E-state index in [4.69, 9.17) is 16.3 Å². The Hall–Kier alpha value is -1.14. The molecule has 1 aromatic rings. The van der Waals surface area contributed by atoms with E-state index in [1.807, 2.05) is 0 Å². The number of ether oxygens (including phenoxy) is 1. The molecule has 0 amide bonds. The van der Waals surface area contributed by atoms with Gasteiger partial charge in [0, 0.05) is 18.7 Å². The van der Waals surface area contributed by atoms with Gasteiger partial charge in [-0.3, -0.25) is 9.59 Å². The van der Waals surface area contributed by atoms with Crippen LogP contribution in [-0.2, 0) is 16.0 Å². The number of halogens is 2. The van der Waals surface area contributed by atoms with Gasteiger partial charge in [-0.15, -0.1) is 0 Å². The van der Waals surface area contributed by atoms with Crippen molar-refractivity contribution in [3.63, 3.8) is 0 Å². The molecule has 0 unspecified atom stereocenters. The predicted octanol–water partition coefficient (Wildman–Crippen LogP) is 4.04. The second kappa shape index (κ2) is 7.83. The smallest absolute Gasteiger partial charge is 0.310 e. The van der Waals surface area contributed by atoms with Gasteiger partial charge in [-0.2, -0.15) is 0 Å².